The van der Waals surface area contributed by atoms with Crippen LogP contribution in [0.3, 0.4) is 0 Å². The maximum Gasteiger partial charge on any atom is 0.296 e. The van der Waals surface area contributed by atoms with Gasteiger partial charge >= 0.3 is 0 Å². The summed E-state index contributed by atoms with van der Waals surface area (Å²) in [6.45, 7) is 1.81. The Hall–Kier alpha value is -1.82. The number of hydrogen-bond donors (Lipinski definition) is 2. The first kappa shape index (κ1) is 11.3. The van der Waals surface area contributed by atoms with Crippen LogP contribution in [0.1, 0.15) is 17.9 Å². The van der Waals surface area contributed by atoms with Crippen molar-refractivity contribution in [3.05, 3.63) is 27.8 Å². The molecule has 2 aliphatic rings. The Kier molecular flexibility index (Phi) is 2.59. The maximum absolute atomic E-state index is 11.1. The molecule has 96 valence electrons. The van der Waals surface area contributed by atoms with Crippen LogP contribution in [0.5, 0.6) is 5.75 Å². The Morgan fingerprint density at radius 3 is 3.06 bits per heavy atom. The quantitative estimate of drug-likeness (QED) is 0.613. The van der Waals surface area contributed by atoms with E-state index in [1.807, 2.05) is 6.07 Å². The van der Waals surface area contributed by atoms with Gasteiger partial charge in [-0.2, -0.15) is 0 Å². The minimum absolute atomic E-state index is 0.110. The summed E-state index contributed by atoms with van der Waals surface area (Å²) >= 11 is 0. The van der Waals surface area contributed by atoms with Crippen molar-refractivity contribution in [3.8, 4) is 5.75 Å². The average molecular weight is 249 g/mol. The number of methoxy groups -OCH3 is 1. The van der Waals surface area contributed by atoms with Crippen LogP contribution in [0, 0.1) is 10.1 Å². The minimum atomic E-state index is -0.348. The predicted molar refractivity (Wildman–Crippen MR) is 67.3 cm³/mol. The smallest absolute Gasteiger partial charge is 0.296 e. The van der Waals surface area contributed by atoms with Gasteiger partial charge in [-0.3, -0.25) is 10.1 Å². The number of nitro benzene ring substituents is 1. The van der Waals surface area contributed by atoms with E-state index in [2.05, 4.69) is 10.6 Å². The monoisotopic (exact) mass is 249 g/mol. The van der Waals surface area contributed by atoms with Gasteiger partial charge in [-0.15, -0.1) is 0 Å². The second-order valence-electron chi connectivity index (χ2n) is 4.72. The summed E-state index contributed by atoms with van der Waals surface area (Å²) in [7, 11) is 1.53. The van der Waals surface area contributed by atoms with Crippen molar-refractivity contribution in [2.75, 3.05) is 25.5 Å². The van der Waals surface area contributed by atoms with Crippen molar-refractivity contribution >= 4 is 11.4 Å². The third-order valence-electron chi connectivity index (χ3n) is 3.77. The van der Waals surface area contributed by atoms with Crippen molar-refractivity contribution in [1.29, 1.82) is 0 Å². The molecule has 2 unspecified atom stereocenters. The Balaban J connectivity index is 2.11. The fraction of sp³-hybridized carbons (Fsp3) is 0.500. The van der Waals surface area contributed by atoms with E-state index in [1.165, 1.54) is 13.2 Å². The average Bonchev–Trinajstić information content (AvgIpc) is 2.75. The highest BCUT2D eigenvalue weighted by molar-refractivity contribution is 5.74. The van der Waals surface area contributed by atoms with E-state index < -0.39 is 0 Å². The molecule has 2 heterocycles. The zero-order valence-electron chi connectivity index (χ0n) is 10.1. The molecule has 2 atom stereocenters. The zero-order chi connectivity index (χ0) is 12.7. The number of hydrogen-bond acceptors (Lipinski definition) is 5. The molecule has 1 aromatic carbocycles. The summed E-state index contributed by atoms with van der Waals surface area (Å²) in [6, 6.07) is 3.69. The second kappa shape index (κ2) is 4.13. The number of fused-ring (bicyclic) bond motifs is 3. The highest BCUT2D eigenvalue weighted by Crippen LogP contribution is 2.45. The first-order chi connectivity index (χ1) is 8.70. The molecule has 2 N–H and O–H groups in total. The lowest BCUT2D eigenvalue weighted by molar-refractivity contribution is -0.384. The van der Waals surface area contributed by atoms with Crippen molar-refractivity contribution in [2.45, 2.75) is 18.4 Å². The largest absolute Gasteiger partial charge is 0.496 e. The SMILES string of the molecule is COc1cc2c(c([N+](=O)[O-])c1)NC1CCNCC21. The topological polar surface area (TPSA) is 76.4 Å². The van der Waals surface area contributed by atoms with E-state index in [9.17, 15) is 10.1 Å². The highest BCUT2D eigenvalue weighted by Gasteiger charge is 2.38. The predicted octanol–water partition coefficient (Wildman–Crippen LogP) is 1.47. The molecule has 0 amide bonds. The number of nitrogens with zero attached hydrogens (tertiary/aromatic N) is 1. The third kappa shape index (κ3) is 1.60. The van der Waals surface area contributed by atoms with E-state index >= 15 is 0 Å². The molecule has 0 aliphatic carbocycles. The normalized spacial score (nSPS) is 24.9. The fourth-order valence-corrected chi connectivity index (χ4v) is 2.88. The van der Waals surface area contributed by atoms with Crippen LogP contribution in [-0.4, -0.2) is 31.2 Å². The van der Waals surface area contributed by atoms with Gasteiger partial charge in [0.25, 0.3) is 5.69 Å². The Morgan fingerprint density at radius 2 is 2.33 bits per heavy atom. The van der Waals surface area contributed by atoms with Gasteiger partial charge in [0, 0.05) is 18.5 Å². The molecule has 6 heteroatoms. The van der Waals surface area contributed by atoms with Gasteiger partial charge in [-0.05, 0) is 24.6 Å². The van der Waals surface area contributed by atoms with Gasteiger partial charge in [-0.25, -0.2) is 0 Å². The first-order valence-corrected chi connectivity index (χ1v) is 6.04. The van der Waals surface area contributed by atoms with Crippen LogP contribution in [0.2, 0.25) is 0 Å². The summed E-state index contributed by atoms with van der Waals surface area (Å²) in [5.74, 6) is 0.844. The fourth-order valence-electron chi connectivity index (χ4n) is 2.88. The van der Waals surface area contributed by atoms with Crippen LogP contribution in [-0.2, 0) is 0 Å². The Labute approximate surface area is 104 Å². The Morgan fingerprint density at radius 1 is 1.50 bits per heavy atom. The molecule has 6 nitrogen and oxygen atoms in total. The molecule has 0 saturated carbocycles. The molecule has 1 aromatic rings. The van der Waals surface area contributed by atoms with Gasteiger partial charge in [0.1, 0.15) is 11.4 Å². The van der Waals surface area contributed by atoms with Gasteiger partial charge in [-0.1, -0.05) is 0 Å². The number of piperidine rings is 1. The molecule has 0 bridgehead atoms. The summed E-state index contributed by atoms with van der Waals surface area (Å²) in [6.07, 6.45) is 0.985. The number of rotatable bonds is 2. The molecule has 0 spiro atoms. The van der Waals surface area contributed by atoms with E-state index in [0.717, 1.165) is 25.1 Å². The number of ether oxygens (including phenoxy) is 1. The van der Waals surface area contributed by atoms with E-state index in [4.69, 9.17) is 4.74 Å². The minimum Gasteiger partial charge on any atom is -0.496 e. The highest BCUT2D eigenvalue weighted by atomic mass is 16.6. The lowest BCUT2D eigenvalue weighted by atomic mass is 9.90. The molecular weight excluding hydrogens is 234 g/mol. The van der Waals surface area contributed by atoms with E-state index in [1.54, 1.807) is 0 Å². The van der Waals surface area contributed by atoms with Crippen LogP contribution in [0.15, 0.2) is 12.1 Å². The molecule has 1 saturated heterocycles. The molecule has 18 heavy (non-hydrogen) atoms. The summed E-state index contributed by atoms with van der Waals surface area (Å²) in [5, 5.41) is 17.8. The summed E-state index contributed by atoms with van der Waals surface area (Å²) in [5.41, 5.74) is 1.77. The molecule has 2 aliphatic heterocycles. The van der Waals surface area contributed by atoms with Gasteiger partial charge in [0.05, 0.1) is 18.1 Å². The van der Waals surface area contributed by atoms with Gasteiger partial charge < -0.3 is 15.4 Å². The van der Waals surface area contributed by atoms with E-state index in [0.29, 0.717) is 23.4 Å². The number of nitro groups is 1. The summed E-state index contributed by atoms with van der Waals surface area (Å²) < 4.78 is 5.16. The molecule has 0 aromatic heterocycles. The zero-order valence-corrected chi connectivity index (χ0v) is 10.1. The van der Waals surface area contributed by atoms with E-state index in [-0.39, 0.29) is 10.6 Å². The van der Waals surface area contributed by atoms with Crippen molar-refractivity contribution in [2.24, 2.45) is 0 Å². The van der Waals surface area contributed by atoms with Crippen LogP contribution >= 0.6 is 0 Å². The molecule has 3 rings (SSSR count). The molecular formula is C12H15N3O3. The summed E-state index contributed by atoms with van der Waals surface area (Å²) in [4.78, 5) is 10.8. The van der Waals surface area contributed by atoms with Crippen LogP contribution < -0.4 is 15.4 Å². The van der Waals surface area contributed by atoms with Crippen molar-refractivity contribution in [3.63, 3.8) is 0 Å². The van der Waals surface area contributed by atoms with Crippen molar-refractivity contribution < 1.29 is 9.66 Å². The number of anilines is 1. The standard InChI is InChI=1S/C12H15N3O3/c1-18-7-4-8-9-6-13-3-2-10(9)14-12(8)11(5-7)15(16)17/h4-5,9-10,13-14H,2-3,6H2,1H3. The lowest BCUT2D eigenvalue weighted by Gasteiger charge is -2.26. The number of benzene rings is 1. The lowest BCUT2D eigenvalue weighted by Crippen LogP contribution is -2.38. The van der Waals surface area contributed by atoms with Gasteiger partial charge in [0.15, 0.2) is 0 Å². The van der Waals surface area contributed by atoms with Crippen molar-refractivity contribution in [1.82, 2.24) is 5.32 Å². The molecule has 1 fully saturated rings. The maximum atomic E-state index is 11.1. The number of nitrogens with one attached hydrogen (secondary N) is 2. The van der Waals surface area contributed by atoms with Crippen LogP contribution in [0.25, 0.3) is 0 Å². The third-order valence-corrected chi connectivity index (χ3v) is 3.77. The van der Waals surface area contributed by atoms with Crippen LogP contribution in [0.4, 0.5) is 11.4 Å². The van der Waals surface area contributed by atoms with Gasteiger partial charge in [0.2, 0.25) is 0 Å². The Bertz CT molecular complexity index is 504. The first-order valence-electron chi connectivity index (χ1n) is 6.04. The second-order valence-corrected chi connectivity index (χ2v) is 4.72. The molecule has 0 radical (unpaired) electrons.